The molecule has 11 nitrogen and oxygen atoms in total. The van der Waals surface area contributed by atoms with Crippen LogP contribution < -0.4 is 10.1 Å². The Morgan fingerprint density at radius 3 is 2.68 bits per heavy atom. The van der Waals surface area contributed by atoms with Crippen molar-refractivity contribution < 1.29 is 23.5 Å². The molecule has 1 fully saturated rings. The van der Waals surface area contributed by atoms with E-state index in [2.05, 4.69) is 20.7 Å². The van der Waals surface area contributed by atoms with Crippen LogP contribution in [0.4, 0.5) is 0 Å². The molecule has 198 valence electrons. The number of benzene rings is 1. The number of nitrogens with zero attached hydrogens (tertiary/aromatic N) is 5. The monoisotopic (exact) mass is 510 g/mol. The second-order valence-corrected chi connectivity index (χ2v) is 8.92. The number of carbonyl (C=O) groups is 2. The summed E-state index contributed by atoms with van der Waals surface area (Å²) in [5.41, 5.74) is 0.748. The molecule has 1 aromatic carbocycles. The zero-order chi connectivity index (χ0) is 26.0. The van der Waals surface area contributed by atoms with Crippen molar-refractivity contribution in [1.82, 2.24) is 30.4 Å². The molecule has 0 radical (unpaired) electrons. The first kappa shape index (κ1) is 26.3. The summed E-state index contributed by atoms with van der Waals surface area (Å²) in [7, 11) is 1.60. The highest BCUT2D eigenvalue weighted by atomic mass is 16.5. The van der Waals surface area contributed by atoms with Crippen LogP contribution in [0.15, 0.2) is 47.1 Å². The molecular formula is C26H34N6O5. The lowest BCUT2D eigenvalue weighted by Crippen LogP contribution is -2.47. The van der Waals surface area contributed by atoms with Crippen molar-refractivity contribution >= 4 is 11.8 Å². The van der Waals surface area contributed by atoms with Crippen molar-refractivity contribution in [3.8, 4) is 17.1 Å². The molecule has 1 saturated carbocycles. The Kier molecular flexibility index (Phi) is 9.25. The second-order valence-electron chi connectivity index (χ2n) is 8.92. The maximum atomic E-state index is 13.6. The zero-order valence-corrected chi connectivity index (χ0v) is 21.3. The van der Waals surface area contributed by atoms with Crippen LogP contribution >= 0.6 is 0 Å². The number of rotatable bonds is 13. The van der Waals surface area contributed by atoms with Gasteiger partial charge in [0.2, 0.25) is 11.7 Å². The first-order chi connectivity index (χ1) is 18.1. The highest BCUT2D eigenvalue weighted by Gasteiger charge is 2.35. The lowest BCUT2D eigenvalue weighted by atomic mass is 10.1. The van der Waals surface area contributed by atoms with E-state index in [0.717, 1.165) is 31.2 Å². The van der Waals surface area contributed by atoms with Crippen LogP contribution in [0, 0.1) is 0 Å². The lowest BCUT2D eigenvalue weighted by Gasteiger charge is -2.30. The van der Waals surface area contributed by atoms with E-state index >= 15 is 0 Å². The number of nitrogens with one attached hydrogen (secondary N) is 1. The van der Waals surface area contributed by atoms with Crippen LogP contribution in [0.3, 0.4) is 0 Å². The summed E-state index contributed by atoms with van der Waals surface area (Å²) in [5.74, 6) is 0.940. The zero-order valence-electron chi connectivity index (χ0n) is 21.3. The largest absolute Gasteiger partial charge is 0.497 e. The average Bonchev–Trinajstić information content (AvgIpc) is 3.70. The topological polar surface area (TPSA) is 125 Å². The van der Waals surface area contributed by atoms with Crippen LogP contribution in [0.5, 0.6) is 5.75 Å². The number of ether oxygens (including phenoxy) is 2. The SMILES string of the molecule is CCOCCCN(C(=O)Cn1nnc(-c2ccc(OC)cc2)n1)[C@@H](C(=O)NC1CCCC1)c1ccco1. The molecule has 0 saturated heterocycles. The molecule has 37 heavy (non-hydrogen) atoms. The van der Waals surface area contributed by atoms with Gasteiger partial charge in [0.15, 0.2) is 6.04 Å². The van der Waals surface area contributed by atoms with Crippen molar-refractivity contribution in [1.29, 1.82) is 0 Å². The molecule has 2 heterocycles. The van der Waals surface area contributed by atoms with Crippen LogP contribution in [0.1, 0.15) is 50.8 Å². The minimum absolute atomic E-state index is 0.106. The maximum Gasteiger partial charge on any atom is 0.250 e. The lowest BCUT2D eigenvalue weighted by molar-refractivity contribution is -0.143. The molecule has 1 aliphatic carbocycles. The molecule has 1 atom stereocenters. The van der Waals surface area contributed by atoms with E-state index in [0.29, 0.717) is 43.5 Å². The quantitative estimate of drug-likeness (QED) is 0.348. The smallest absolute Gasteiger partial charge is 0.250 e. The van der Waals surface area contributed by atoms with Crippen molar-refractivity contribution in [2.45, 2.75) is 57.7 Å². The number of aromatic nitrogens is 4. The fourth-order valence-corrected chi connectivity index (χ4v) is 4.48. The molecule has 1 N–H and O–H groups in total. The summed E-state index contributed by atoms with van der Waals surface area (Å²) in [6, 6.07) is 9.88. The van der Waals surface area contributed by atoms with Crippen LogP contribution in [-0.4, -0.2) is 69.8 Å². The van der Waals surface area contributed by atoms with Crippen LogP contribution in [-0.2, 0) is 20.9 Å². The normalized spacial score (nSPS) is 14.4. The molecule has 4 rings (SSSR count). The van der Waals surface area contributed by atoms with E-state index in [4.69, 9.17) is 13.9 Å². The number of hydrogen-bond acceptors (Lipinski definition) is 8. The molecule has 2 aromatic heterocycles. The van der Waals surface area contributed by atoms with Crippen molar-refractivity contribution in [3.63, 3.8) is 0 Å². The van der Waals surface area contributed by atoms with Gasteiger partial charge in [0, 0.05) is 31.4 Å². The first-order valence-corrected chi connectivity index (χ1v) is 12.7. The highest BCUT2D eigenvalue weighted by molar-refractivity contribution is 5.88. The standard InChI is InChI=1S/C26H34N6O5/c1-3-36-16-7-15-31(24(22-10-6-17-37-22)26(34)27-20-8-4-5-9-20)23(33)18-32-29-25(28-30-32)19-11-13-21(35-2)14-12-19/h6,10-14,17,20,24H,3-5,7-9,15-16,18H2,1-2H3,(H,27,34)/t24-/m1/s1. The van der Waals surface area contributed by atoms with Crippen molar-refractivity contribution in [2.75, 3.05) is 26.9 Å². The van der Waals surface area contributed by atoms with Crippen molar-refractivity contribution in [2.24, 2.45) is 0 Å². The maximum absolute atomic E-state index is 13.6. The third-order valence-corrected chi connectivity index (χ3v) is 6.36. The van der Waals surface area contributed by atoms with Gasteiger partial charge >= 0.3 is 0 Å². The van der Waals surface area contributed by atoms with Crippen LogP contribution in [0.25, 0.3) is 11.4 Å². The van der Waals surface area contributed by atoms with E-state index < -0.39 is 6.04 Å². The Balaban J connectivity index is 1.53. The van der Waals surface area contributed by atoms with Gasteiger partial charge in [-0.3, -0.25) is 9.59 Å². The summed E-state index contributed by atoms with van der Waals surface area (Å²) in [6.07, 6.45) is 6.12. The Hall–Kier alpha value is -3.73. The highest BCUT2D eigenvalue weighted by Crippen LogP contribution is 2.25. The molecule has 2 amide bonds. The van der Waals surface area contributed by atoms with E-state index in [-0.39, 0.29) is 24.4 Å². The molecule has 0 unspecified atom stereocenters. The molecule has 11 heteroatoms. The second kappa shape index (κ2) is 13.0. The summed E-state index contributed by atoms with van der Waals surface area (Å²) in [4.78, 5) is 29.8. The summed E-state index contributed by atoms with van der Waals surface area (Å²) in [6.45, 7) is 3.10. The van der Waals surface area contributed by atoms with E-state index in [9.17, 15) is 9.59 Å². The van der Waals surface area contributed by atoms with Gasteiger partial charge in [0.05, 0.1) is 13.4 Å². The van der Waals surface area contributed by atoms with Gasteiger partial charge in [-0.2, -0.15) is 4.80 Å². The number of amides is 2. The molecule has 0 aliphatic heterocycles. The molecular weight excluding hydrogens is 476 g/mol. The predicted octanol–water partition coefficient (Wildman–Crippen LogP) is 3.00. The Bertz CT molecular complexity index is 1120. The van der Waals surface area contributed by atoms with Gasteiger partial charge < -0.3 is 24.1 Å². The summed E-state index contributed by atoms with van der Waals surface area (Å²) >= 11 is 0. The Morgan fingerprint density at radius 2 is 2.00 bits per heavy atom. The number of carbonyl (C=O) groups excluding carboxylic acids is 2. The molecule has 1 aliphatic rings. The van der Waals surface area contributed by atoms with Crippen LogP contribution in [0.2, 0.25) is 0 Å². The van der Waals surface area contributed by atoms with Gasteiger partial charge in [-0.15, -0.1) is 10.2 Å². The van der Waals surface area contributed by atoms with Crippen molar-refractivity contribution in [3.05, 3.63) is 48.4 Å². The molecule has 0 spiro atoms. The van der Waals surface area contributed by atoms with E-state index in [1.807, 2.05) is 19.1 Å². The Morgan fingerprint density at radius 1 is 1.22 bits per heavy atom. The fourth-order valence-electron chi connectivity index (χ4n) is 4.48. The minimum atomic E-state index is -0.908. The third-order valence-electron chi connectivity index (χ3n) is 6.36. The van der Waals surface area contributed by atoms with Gasteiger partial charge in [-0.05, 0) is 67.8 Å². The molecule has 0 bridgehead atoms. The fraction of sp³-hybridized carbons (Fsp3) is 0.500. The van der Waals surface area contributed by atoms with E-state index in [1.54, 1.807) is 31.4 Å². The number of methoxy groups -OCH3 is 1. The molecule has 3 aromatic rings. The van der Waals surface area contributed by atoms with Gasteiger partial charge in [0.1, 0.15) is 18.1 Å². The average molecular weight is 511 g/mol. The number of hydrogen-bond donors (Lipinski definition) is 1. The third kappa shape index (κ3) is 6.94. The summed E-state index contributed by atoms with van der Waals surface area (Å²) < 4.78 is 16.3. The Labute approximate surface area is 216 Å². The predicted molar refractivity (Wildman–Crippen MR) is 134 cm³/mol. The van der Waals surface area contributed by atoms with E-state index in [1.165, 1.54) is 16.0 Å². The number of tetrazole rings is 1. The van der Waals surface area contributed by atoms with Gasteiger partial charge in [0.25, 0.3) is 5.91 Å². The van der Waals surface area contributed by atoms with Gasteiger partial charge in [-0.1, -0.05) is 12.8 Å². The summed E-state index contributed by atoms with van der Waals surface area (Å²) in [5, 5.41) is 15.7. The van der Waals surface area contributed by atoms with Gasteiger partial charge in [-0.25, -0.2) is 0 Å². The number of furan rings is 1. The minimum Gasteiger partial charge on any atom is -0.497 e. The first-order valence-electron chi connectivity index (χ1n) is 12.7.